The van der Waals surface area contributed by atoms with Gasteiger partial charge in [-0.3, -0.25) is 19.6 Å². The highest BCUT2D eigenvalue weighted by atomic mass is 16.2. The van der Waals surface area contributed by atoms with Crippen molar-refractivity contribution in [3.8, 4) is 0 Å². The van der Waals surface area contributed by atoms with Crippen molar-refractivity contribution < 1.29 is 9.59 Å². The van der Waals surface area contributed by atoms with E-state index >= 15 is 0 Å². The molecule has 4 rings (SSSR count). The van der Waals surface area contributed by atoms with Crippen LogP contribution in [0.4, 0.5) is 9.59 Å². The third-order valence-electron chi connectivity index (χ3n) is 5.34. The third-order valence-corrected chi connectivity index (χ3v) is 5.34. The van der Waals surface area contributed by atoms with Crippen LogP contribution in [-0.2, 0) is 0 Å². The second-order valence-corrected chi connectivity index (χ2v) is 6.50. The number of rotatable bonds is 2. The Morgan fingerprint density at radius 1 is 1.10 bits per heavy atom. The van der Waals surface area contributed by atoms with Crippen molar-refractivity contribution in [3.05, 3.63) is 0 Å². The van der Waals surface area contributed by atoms with Crippen LogP contribution >= 0.6 is 0 Å². The molecule has 1 saturated carbocycles. The molecule has 0 aromatic rings. The standard InChI is InChI=1S/C14H23N5O2/c1-2-16-8-17-12-11(15-13(17)20)19(14(21)18(12)9-16)10-6-4-3-5-7-10/h10-12H,2-9H2,1H3,(H,15,20). The van der Waals surface area contributed by atoms with Gasteiger partial charge in [0.15, 0.2) is 6.17 Å². The van der Waals surface area contributed by atoms with Crippen molar-refractivity contribution in [1.29, 1.82) is 0 Å². The molecule has 4 amide bonds. The normalized spacial score (nSPS) is 33.7. The molecular weight excluding hydrogens is 270 g/mol. The lowest BCUT2D eigenvalue weighted by atomic mass is 9.94. The van der Waals surface area contributed by atoms with Gasteiger partial charge in [0.2, 0.25) is 0 Å². The summed E-state index contributed by atoms with van der Waals surface area (Å²) in [7, 11) is 0. The van der Waals surface area contributed by atoms with Gasteiger partial charge in [0.1, 0.15) is 6.17 Å². The number of amides is 4. The quantitative estimate of drug-likeness (QED) is 0.826. The molecule has 0 radical (unpaired) electrons. The SMILES string of the molecule is CCN1CN2C(=O)NC3C2N(C1)C(=O)N3C1CCCCC1. The first-order chi connectivity index (χ1) is 10.2. The Morgan fingerprint density at radius 2 is 1.81 bits per heavy atom. The molecule has 3 saturated heterocycles. The maximum atomic E-state index is 12.8. The van der Waals surface area contributed by atoms with Crippen LogP contribution in [0.5, 0.6) is 0 Å². The Hall–Kier alpha value is -1.50. The second kappa shape index (κ2) is 4.76. The molecular formula is C14H23N5O2. The summed E-state index contributed by atoms with van der Waals surface area (Å²) >= 11 is 0. The number of carbonyl (C=O) groups is 2. The molecule has 3 heterocycles. The smallest absolute Gasteiger partial charge is 0.314 e. The zero-order valence-electron chi connectivity index (χ0n) is 12.5. The van der Waals surface area contributed by atoms with E-state index in [1.54, 1.807) is 4.90 Å². The van der Waals surface area contributed by atoms with Gasteiger partial charge in [0, 0.05) is 6.04 Å². The summed E-state index contributed by atoms with van der Waals surface area (Å²) in [6, 6.07) is 0.346. The average molecular weight is 293 g/mol. The predicted molar refractivity (Wildman–Crippen MR) is 76.0 cm³/mol. The minimum absolute atomic E-state index is 0.0403. The molecule has 0 spiro atoms. The fourth-order valence-corrected chi connectivity index (χ4v) is 4.22. The van der Waals surface area contributed by atoms with Crippen molar-refractivity contribution in [3.63, 3.8) is 0 Å². The maximum absolute atomic E-state index is 12.8. The Bertz CT molecular complexity index is 464. The zero-order valence-corrected chi connectivity index (χ0v) is 12.5. The van der Waals surface area contributed by atoms with E-state index in [4.69, 9.17) is 0 Å². The monoisotopic (exact) mass is 293 g/mol. The van der Waals surface area contributed by atoms with E-state index in [1.807, 2.05) is 9.80 Å². The van der Waals surface area contributed by atoms with Gasteiger partial charge in [0.25, 0.3) is 0 Å². The summed E-state index contributed by atoms with van der Waals surface area (Å²) < 4.78 is 0. The summed E-state index contributed by atoms with van der Waals surface area (Å²) in [5.74, 6) is 0. The molecule has 7 heteroatoms. The van der Waals surface area contributed by atoms with Crippen molar-refractivity contribution in [2.45, 2.75) is 57.4 Å². The molecule has 2 atom stereocenters. The van der Waals surface area contributed by atoms with Gasteiger partial charge in [-0.1, -0.05) is 26.2 Å². The van der Waals surface area contributed by atoms with Gasteiger partial charge in [0.05, 0.1) is 13.3 Å². The number of hydrogen-bond acceptors (Lipinski definition) is 3. The van der Waals surface area contributed by atoms with Crippen LogP contribution in [-0.4, -0.2) is 69.9 Å². The second-order valence-electron chi connectivity index (χ2n) is 6.50. The van der Waals surface area contributed by atoms with Crippen LogP contribution < -0.4 is 5.32 Å². The van der Waals surface area contributed by atoms with Crippen LogP contribution in [0, 0.1) is 0 Å². The third kappa shape index (κ3) is 1.83. The van der Waals surface area contributed by atoms with Gasteiger partial charge in [-0.15, -0.1) is 0 Å². The lowest BCUT2D eigenvalue weighted by Crippen LogP contribution is -2.59. The number of carbonyl (C=O) groups excluding carboxylic acids is 2. The zero-order chi connectivity index (χ0) is 14.6. The number of nitrogens with zero attached hydrogens (tertiary/aromatic N) is 4. The van der Waals surface area contributed by atoms with E-state index in [2.05, 4.69) is 17.1 Å². The topological polar surface area (TPSA) is 59.1 Å². The summed E-state index contributed by atoms with van der Waals surface area (Å²) in [4.78, 5) is 32.8. The summed E-state index contributed by atoms with van der Waals surface area (Å²) in [5.41, 5.74) is 0. The van der Waals surface area contributed by atoms with E-state index < -0.39 is 0 Å². The van der Waals surface area contributed by atoms with E-state index in [0.717, 1.165) is 19.4 Å². The Balaban J connectivity index is 1.63. The fraction of sp³-hybridized carbons (Fsp3) is 0.857. The van der Waals surface area contributed by atoms with Crippen molar-refractivity contribution >= 4 is 12.1 Å². The average Bonchev–Trinajstić information content (AvgIpc) is 2.98. The molecule has 2 unspecified atom stereocenters. The van der Waals surface area contributed by atoms with E-state index in [0.29, 0.717) is 13.3 Å². The fourth-order valence-electron chi connectivity index (χ4n) is 4.22. The molecule has 4 fully saturated rings. The van der Waals surface area contributed by atoms with Gasteiger partial charge in [-0.2, -0.15) is 0 Å². The Kier molecular flexibility index (Phi) is 2.99. The van der Waals surface area contributed by atoms with Gasteiger partial charge in [-0.25, -0.2) is 9.59 Å². The maximum Gasteiger partial charge on any atom is 0.324 e. The molecule has 1 N–H and O–H groups in total. The van der Waals surface area contributed by atoms with Crippen LogP contribution in [0.2, 0.25) is 0 Å². The van der Waals surface area contributed by atoms with Gasteiger partial charge in [-0.05, 0) is 19.4 Å². The lowest BCUT2D eigenvalue weighted by molar-refractivity contribution is -0.00760. The van der Waals surface area contributed by atoms with Crippen LogP contribution in [0.25, 0.3) is 0 Å². The minimum Gasteiger partial charge on any atom is -0.314 e. The number of urea groups is 2. The molecule has 116 valence electrons. The lowest BCUT2D eigenvalue weighted by Gasteiger charge is -2.41. The molecule has 0 bridgehead atoms. The summed E-state index contributed by atoms with van der Waals surface area (Å²) in [6.07, 6.45) is 5.49. The van der Waals surface area contributed by atoms with Crippen molar-refractivity contribution in [2.75, 3.05) is 19.9 Å². The molecule has 4 aliphatic rings. The number of hydrogen-bond donors (Lipinski definition) is 1. The first-order valence-electron chi connectivity index (χ1n) is 8.09. The van der Waals surface area contributed by atoms with Crippen molar-refractivity contribution in [2.24, 2.45) is 0 Å². The summed E-state index contributed by atoms with van der Waals surface area (Å²) in [5, 5.41) is 3.03. The van der Waals surface area contributed by atoms with Gasteiger partial charge >= 0.3 is 12.1 Å². The largest absolute Gasteiger partial charge is 0.324 e. The molecule has 7 nitrogen and oxygen atoms in total. The van der Waals surface area contributed by atoms with E-state index in [-0.39, 0.29) is 30.4 Å². The highest BCUT2D eigenvalue weighted by Crippen LogP contribution is 2.36. The Labute approximate surface area is 124 Å². The van der Waals surface area contributed by atoms with Crippen LogP contribution in [0.15, 0.2) is 0 Å². The first kappa shape index (κ1) is 13.2. The molecule has 0 aromatic carbocycles. The van der Waals surface area contributed by atoms with E-state index in [9.17, 15) is 9.59 Å². The van der Waals surface area contributed by atoms with Gasteiger partial charge < -0.3 is 5.32 Å². The molecule has 3 aliphatic heterocycles. The minimum atomic E-state index is -0.160. The summed E-state index contributed by atoms with van der Waals surface area (Å²) in [6.45, 7) is 4.15. The van der Waals surface area contributed by atoms with Crippen LogP contribution in [0.1, 0.15) is 39.0 Å². The Morgan fingerprint density at radius 3 is 2.52 bits per heavy atom. The predicted octanol–water partition coefficient (Wildman–Crippen LogP) is 0.985. The van der Waals surface area contributed by atoms with Crippen LogP contribution in [0.3, 0.4) is 0 Å². The highest BCUT2D eigenvalue weighted by Gasteiger charge is 2.58. The molecule has 0 aromatic heterocycles. The van der Waals surface area contributed by atoms with E-state index in [1.165, 1.54) is 19.3 Å². The highest BCUT2D eigenvalue weighted by molar-refractivity contribution is 5.85. The number of nitrogens with one attached hydrogen (secondary N) is 1. The molecule has 1 aliphatic carbocycles. The van der Waals surface area contributed by atoms with Crippen molar-refractivity contribution in [1.82, 2.24) is 24.9 Å². The molecule has 21 heavy (non-hydrogen) atoms. The first-order valence-corrected chi connectivity index (χ1v) is 8.09.